The number of likely N-dealkylation sites (tertiary alicyclic amines) is 1. The number of hydrogen-bond donors (Lipinski definition) is 1. The van der Waals surface area contributed by atoms with E-state index in [2.05, 4.69) is 22.0 Å². The van der Waals surface area contributed by atoms with E-state index in [0.29, 0.717) is 0 Å². The molecule has 21 heavy (non-hydrogen) atoms. The van der Waals surface area contributed by atoms with E-state index in [9.17, 15) is 4.39 Å². The second kappa shape index (κ2) is 7.61. The number of thioether (sulfide) groups is 1. The summed E-state index contributed by atoms with van der Waals surface area (Å²) in [6, 6.07) is 7.89. The van der Waals surface area contributed by atoms with Crippen LogP contribution in [0.1, 0.15) is 24.8 Å². The molecule has 0 aliphatic carbocycles. The molecule has 0 spiro atoms. The van der Waals surface area contributed by atoms with E-state index in [0.717, 1.165) is 37.2 Å². The molecule has 2 heterocycles. The van der Waals surface area contributed by atoms with Gasteiger partial charge in [-0.3, -0.25) is 4.90 Å². The molecule has 3 rings (SSSR count). The Morgan fingerprint density at radius 3 is 2.71 bits per heavy atom. The van der Waals surface area contributed by atoms with Crippen LogP contribution in [0.5, 0.6) is 0 Å². The van der Waals surface area contributed by atoms with Crippen LogP contribution < -0.4 is 5.32 Å². The van der Waals surface area contributed by atoms with Gasteiger partial charge in [0.15, 0.2) is 0 Å². The van der Waals surface area contributed by atoms with E-state index in [1.807, 2.05) is 12.1 Å². The predicted molar refractivity (Wildman–Crippen MR) is 88.1 cm³/mol. The zero-order chi connectivity index (χ0) is 14.5. The van der Waals surface area contributed by atoms with Crippen LogP contribution in [0.3, 0.4) is 0 Å². The lowest BCUT2D eigenvalue weighted by Crippen LogP contribution is -2.39. The van der Waals surface area contributed by atoms with Gasteiger partial charge in [-0.1, -0.05) is 18.2 Å². The van der Waals surface area contributed by atoms with Crippen LogP contribution in [0.25, 0.3) is 0 Å². The number of halogens is 1. The Balaban J connectivity index is 1.39. The molecular formula is C17H25FN2S. The highest BCUT2D eigenvalue weighted by Crippen LogP contribution is 2.21. The normalized spacial score (nSPS) is 24.5. The highest BCUT2D eigenvalue weighted by molar-refractivity contribution is 7.99. The van der Waals surface area contributed by atoms with Crippen LogP contribution in [-0.4, -0.2) is 42.1 Å². The van der Waals surface area contributed by atoms with Gasteiger partial charge in [0.2, 0.25) is 0 Å². The second-order valence-electron chi connectivity index (χ2n) is 6.28. The summed E-state index contributed by atoms with van der Waals surface area (Å²) in [5, 5.41) is 3.73. The zero-order valence-electron chi connectivity index (χ0n) is 12.6. The third-order valence-corrected chi connectivity index (χ3v) is 5.85. The largest absolute Gasteiger partial charge is 0.313 e. The number of benzene rings is 1. The summed E-state index contributed by atoms with van der Waals surface area (Å²) in [5.41, 5.74) is 0.831. The van der Waals surface area contributed by atoms with E-state index in [1.165, 1.54) is 37.3 Å². The molecule has 2 nitrogen and oxygen atoms in total. The van der Waals surface area contributed by atoms with Gasteiger partial charge in [0.25, 0.3) is 0 Å². The molecule has 116 valence electrons. The number of rotatable bonds is 5. The molecule has 0 radical (unpaired) electrons. The van der Waals surface area contributed by atoms with Crippen molar-refractivity contribution in [2.24, 2.45) is 5.92 Å². The second-order valence-corrected chi connectivity index (χ2v) is 7.43. The van der Waals surface area contributed by atoms with E-state index in [4.69, 9.17) is 0 Å². The minimum atomic E-state index is -0.0694. The first-order valence-electron chi connectivity index (χ1n) is 8.08. The van der Waals surface area contributed by atoms with Gasteiger partial charge in [-0.15, -0.1) is 0 Å². The van der Waals surface area contributed by atoms with Crippen LogP contribution in [-0.2, 0) is 6.54 Å². The molecule has 0 amide bonds. The van der Waals surface area contributed by atoms with Gasteiger partial charge in [0, 0.05) is 23.9 Å². The monoisotopic (exact) mass is 308 g/mol. The number of nitrogens with zero attached hydrogens (tertiary/aromatic N) is 1. The molecule has 1 N–H and O–H groups in total. The number of nitrogens with one attached hydrogen (secondary N) is 1. The minimum Gasteiger partial charge on any atom is -0.313 e. The maximum Gasteiger partial charge on any atom is 0.127 e. The van der Waals surface area contributed by atoms with Gasteiger partial charge in [-0.25, -0.2) is 4.39 Å². The molecule has 1 aromatic carbocycles. The van der Waals surface area contributed by atoms with Crippen molar-refractivity contribution in [3.63, 3.8) is 0 Å². The summed E-state index contributed by atoms with van der Waals surface area (Å²) in [4.78, 5) is 2.39. The van der Waals surface area contributed by atoms with Crippen molar-refractivity contribution in [3.05, 3.63) is 35.6 Å². The fourth-order valence-electron chi connectivity index (χ4n) is 3.25. The molecule has 2 aliphatic rings. The molecule has 0 bridgehead atoms. The van der Waals surface area contributed by atoms with Crippen LogP contribution in [0.15, 0.2) is 24.3 Å². The van der Waals surface area contributed by atoms with Crippen molar-refractivity contribution in [2.75, 3.05) is 31.1 Å². The van der Waals surface area contributed by atoms with Crippen LogP contribution >= 0.6 is 11.8 Å². The van der Waals surface area contributed by atoms with Crippen LogP contribution in [0, 0.1) is 11.7 Å². The summed E-state index contributed by atoms with van der Waals surface area (Å²) in [5.74, 6) is 3.33. The molecule has 0 saturated carbocycles. The van der Waals surface area contributed by atoms with Gasteiger partial charge in [-0.05, 0) is 56.6 Å². The molecule has 1 atom stereocenters. The first-order chi connectivity index (χ1) is 10.3. The molecule has 1 aromatic rings. The third-order valence-electron chi connectivity index (χ3n) is 4.68. The topological polar surface area (TPSA) is 15.3 Å². The van der Waals surface area contributed by atoms with Crippen molar-refractivity contribution in [3.8, 4) is 0 Å². The van der Waals surface area contributed by atoms with Crippen molar-refractivity contribution in [2.45, 2.75) is 31.8 Å². The quantitative estimate of drug-likeness (QED) is 0.900. The van der Waals surface area contributed by atoms with Gasteiger partial charge in [0.1, 0.15) is 5.82 Å². The standard InChI is InChI=1S/C17H25FN2S/c18-17-4-2-1-3-15(17)12-20-8-5-14(6-9-20)11-19-16-7-10-21-13-16/h1-4,14,16,19H,5-13H2/t16-/m0/s1. The fourth-order valence-corrected chi connectivity index (χ4v) is 4.43. The van der Waals surface area contributed by atoms with E-state index < -0.39 is 0 Å². The smallest absolute Gasteiger partial charge is 0.127 e. The first kappa shape index (κ1) is 15.3. The lowest BCUT2D eigenvalue weighted by atomic mass is 9.96. The van der Waals surface area contributed by atoms with E-state index >= 15 is 0 Å². The van der Waals surface area contributed by atoms with Crippen molar-refractivity contribution in [1.82, 2.24) is 10.2 Å². The first-order valence-corrected chi connectivity index (χ1v) is 9.23. The average molecular weight is 308 g/mol. The minimum absolute atomic E-state index is 0.0694. The Morgan fingerprint density at radius 2 is 2.00 bits per heavy atom. The lowest BCUT2D eigenvalue weighted by molar-refractivity contribution is 0.172. The Hall–Kier alpha value is -0.580. The van der Waals surface area contributed by atoms with Gasteiger partial charge >= 0.3 is 0 Å². The maximum atomic E-state index is 13.7. The van der Waals surface area contributed by atoms with Gasteiger partial charge in [0.05, 0.1) is 0 Å². The Bertz CT molecular complexity index is 440. The molecule has 2 fully saturated rings. The summed E-state index contributed by atoms with van der Waals surface area (Å²) in [6.45, 7) is 4.12. The Morgan fingerprint density at radius 1 is 1.19 bits per heavy atom. The molecule has 0 unspecified atom stereocenters. The summed E-state index contributed by atoms with van der Waals surface area (Å²) in [6.07, 6.45) is 3.80. The fraction of sp³-hybridized carbons (Fsp3) is 0.647. The molecule has 2 saturated heterocycles. The molecular weight excluding hydrogens is 283 g/mol. The summed E-state index contributed by atoms with van der Waals surface area (Å²) < 4.78 is 13.7. The van der Waals surface area contributed by atoms with Crippen molar-refractivity contribution < 1.29 is 4.39 Å². The van der Waals surface area contributed by atoms with E-state index in [-0.39, 0.29) is 5.82 Å². The number of hydrogen-bond acceptors (Lipinski definition) is 3. The van der Waals surface area contributed by atoms with Crippen LogP contribution in [0.4, 0.5) is 4.39 Å². The summed E-state index contributed by atoms with van der Waals surface area (Å²) >= 11 is 2.07. The molecule has 0 aromatic heterocycles. The van der Waals surface area contributed by atoms with Crippen molar-refractivity contribution >= 4 is 11.8 Å². The highest BCUT2D eigenvalue weighted by Gasteiger charge is 2.22. The average Bonchev–Trinajstić information content (AvgIpc) is 3.02. The van der Waals surface area contributed by atoms with E-state index in [1.54, 1.807) is 12.1 Å². The zero-order valence-corrected chi connectivity index (χ0v) is 13.4. The Kier molecular flexibility index (Phi) is 5.55. The summed E-state index contributed by atoms with van der Waals surface area (Å²) in [7, 11) is 0. The van der Waals surface area contributed by atoms with Gasteiger partial charge in [-0.2, -0.15) is 11.8 Å². The van der Waals surface area contributed by atoms with Crippen molar-refractivity contribution in [1.29, 1.82) is 0 Å². The lowest BCUT2D eigenvalue weighted by Gasteiger charge is -2.32. The maximum absolute atomic E-state index is 13.7. The predicted octanol–water partition coefficient (Wildman–Crippen LogP) is 3.13. The number of piperidine rings is 1. The molecule has 2 aliphatic heterocycles. The van der Waals surface area contributed by atoms with Gasteiger partial charge < -0.3 is 5.32 Å². The SMILES string of the molecule is Fc1ccccc1CN1CCC(CN[C@H]2CCSC2)CC1. The van der Waals surface area contributed by atoms with Crippen LogP contribution in [0.2, 0.25) is 0 Å². The Labute approximate surface area is 131 Å². The molecule has 4 heteroatoms. The highest BCUT2D eigenvalue weighted by atomic mass is 32.2. The third kappa shape index (κ3) is 4.44.